The molecule has 0 radical (unpaired) electrons. The van der Waals surface area contributed by atoms with E-state index in [2.05, 4.69) is 40.9 Å². The molecule has 8 heterocycles. The molecule has 336 valence electrons. The van der Waals surface area contributed by atoms with E-state index in [-0.39, 0.29) is 35.4 Å². The molecule has 6 aromatic rings. The number of piperidine rings is 1. The Kier molecular flexibility index (Phi) is 10.3. The van der Waals surface area contributed by atoms with Gasteiger partial charge in [-0.3, -0.25) is 28.7 Å². The van der Waals surface area contributed by atoms with Crippen molar-refractivity contribution in [3.05, 3.63) is 65.2 Å². The number of benzene rings is 1. The van der Waals surface area contributed by atoms with Gasteiger partial charge in [-0.05, 0) is 86.8 Å². The molecule has 1 aromatic carbocycles. The molecule has 3 saturated heterocycles. The smallest absolute Gasteiger partial charge is 0.329 e. The predicted octanol–water partition coefficient (Wildman–Crippen LogP) is 4.52. The Bertz CT molecular complexity index is 2780. The molecule has 2 N–H and O–H groups in total. The Morgan fingerprint density at radius 1 is 1.00 bits per heavy atom. The van der Waals surface area contributed by atoms with Gasteiger partial charge < -0.3 is 19.9 Å². The van der Waals surface area contributed by atoms with Gasteiger partial charge in [0, 0.05) is 58.9 Å². The summed E-state index contributed by atoms with van der Waals surface area (Å²) in [6, 6.07) is 6.98. The van der Waals surface area contributed by atoms with Gasteiger partial charge in [-0.1, -0.05) is 11.3 Å². The van der Waals surface area contributed by atoms with Crippen molar-refractivity contribution in [3.8, 4) is 16.9 Å². The summed E-state index contributed by atoms with van der Waals surface area (Å²) in [7, 11) is 1.73. The number of ether oxygens (including phenoxy) is 1. The van der Waals surface area contributed by atoms with Crippen molar-refractivity contribution in [2.24, 2.45) is 24.3 Å². The fraction of sp³-hybridized carbons (Fsp3) is 0.545. The lowest BCUT2D eigenvalue weighted by molar-refractivity contribution is -0.135. The SMILES string of the molecule is Cn1c(=O)n(C2CCC(=O)NC2=O)c2cccc(NCCC3CC4(C3)CN(CC3CCC(n5cc(-n6cc(-c7cnn8ccc(N9CCOCC9)nc78)nn6)c(C(F)F)n5)CC3)C4)c21. The number of morpholine rings is 1. The normalized spacial score (nSPS) is 23.0. The zero-order valence-electron chi connectivity index (χ0n) is 35.8. The van der Waals surface area contributed by atoms with Crippen molar-refractivity contribution in [2.75, 3.05) is 62.7 Å². The second-order valence-electron chi connectivity index (χ2n) is 18.6. The third-order valence-electron chi connectivity index (χ3n) is 14.4. The molecule has 5 fully saturated rings. The van der Waals surface area contributed by atoms with E-state index in [0.29, 0.717) is 59.3 Å². The molecule has 1 atom stereocenters. The number of hydrogen-bond acceptors (Lipinski definition) is 12. The van der Waals surface area contributed by atoms with Crippen LogP contribution in [0.3, 0.4) is 0 Å². The van der Waals surface area contributed by atoms with Gasteiger partial charge in [-0.15, -0.1) is 5.10 Å². The number of imide groups is 1. The number of carbonyl (C=O) groups excluding carboxylic acids is 2. The second-order valence-corrected chi connectivity index (χ2v) is 18.6. The number of aryl methyl sites for hydroxylation is 1. The molecule has 3 aliphatic heterocycles. The van der Waals surface area contributed by atoms with Crippen molar-refractivity contribution in [2.45, 2.75) is 76.3 Å². The molecular formula is C44H52F2N14O4. The number of aromatic nitrogens is 10. The van der Waals surface area contributed by atoms with E-state index >= 15 is 0 Å². The van der Waals surface area contributed by atoms with Crippen LogP contribution in [0.1, 0.15) is 82.0 Å². The van der Waals surface area contributed by atoms with Crippen LogP contribution in [0.25, 0.3) is 33.6 Å². The van der Waals surface area contributed by atoms with E-state index in [1.165, 1.54) is 22.1 Å². The highest BCUT2D eigenvalue weighted by molar-refractivity contribution is 6.00. The van der Waals surface area contributed by atoms with Crippen molar-refractivity contribution in [1.29, 1.82) is 0 Å². The average Bonchev–Trinajstić information content (AvgIpc) is 4.08. The minimum atomic E-state index is -2.77. The summed E-state index contributed by atoms with van der Waals surface area (Å²) in [4.78, 5) is 47.3. The van der Waals surface area contributed by atoms with Crippen LogP contribution in [-0.2, 0) is 21.4 Å². The van der Waals surface area contributed by atoms with Gasteiger partial charge in [0.25, 0.3) is 6.43 Å². The Morgan fingerprint density at radius 2 is 1.81 bits per heavy atom. The molecule has 2 aliphatic carbocycles. The summed E-state index contributed by atoms with van der Waals surface area (Å²) in [6.07, 6.45) is 11.9. The lowest BCUT2D eigenvalue weighted by Crippen LogP contribution is -2.63. The maximum absolute atomic E-state index is 14.4. The predicted molar refractivity (Wildman–Crippen MR) is 231 cm³/mol. The summed E-state index contributed by atoms with van der Waals surface area (Å²) in [5.74, 6) is 1.30. The topological polar surface area (TPSA) is 180 Å². The summed E-state index contributed by atoms with van der Waals surface area (Å²) in [5.41, 5.74) is 4.12. The number of carbonyl (C=O) groups is 2. The molecule has 18 nitrogen and oxygen atoms in total. The molecule has 5 aliphatic rings. The fourth-order valence-corrected chi connectivity index (χ4v) is 11.3. The number of nitrogens with one attached hydrogen (secondary N) is 2. The highest BCUT2D eigenvalue weighted by atomic mass is 19.3. The van der Waals surface area contributed by atoms with E-state index in [0.717, 1.165) is 88.4 Å². The highest BCUT2D eigenvalue weighted by Gasteiger charge is 2.52. The number of amides is 2. The van der Waals surface area contributed by atoms with E-state index in [4.69, 9.17) is 9.72 Å². The van der Waals surface area contributed by atoms with Crippen LogP contribution < -0.4 is 21.2 Å². The maximum atomic E-state index is 14.4. The van der Waals surface area contributed by atoms with Gasteiger partial charge in [-0.2, -0.15) is 10.2 Å². The van der Waals surface area contributed by atoms with Crippen molar-refractivity contribution < 1.29 is 23.1 Å². The molecule has 11 rings (SSSR count). The Morgan fingerprint density at radius 3 is 2.59 bits per heavy atom. The number of halogens is 2. The zero-order valence-corrected chi connectivity index (χ0v) is 35.8. The number of anilines is 2. The number of nitrogens with zero attached hydrogens (tertiary/aromatic N) is 12. The second kappa shape index (κ2) is 16.2. The quantitative estimate of drug-likeness (QED) is 0.165. The number of alkyl halides is 2. The molecule has 5 aromatic heterocycles. The zero-order chi connectivity index (χ0) is 43.7. The third-order valence-corrected chi connectivity index (χ3v) is 14.4. The summed E-state index contributed by atoms with van der Waals surface area (Å²) < 4.78 is 42.3. The Labute approximate surface area is 366 Å². The number of imidazole rings is 1. The van der Waals surface area contributed by atoms with E-state index in [9.17, 15) is 23.2 Å². The summed E-state index contributed by atoms with van der Waals surface area (Å²) in [6.45, 7) is 6.89. The van der Waals surface area contributed by atoms with Crippen molar-refractivity contribution >= 4 is 40.0 Å². The number of rotatable bonds is 12. The molecule has 2 saturated carbocycles. The van der Waals surface area contributed by atoms with E-state index < -0.39 is 18.4 Å². The first kappa shape index (κ1) is 40.7. The van der Waals surface area contributed by atoms with Crippen LogP contribution in [0.15, 0.2) is 53.8 Å². The monoisotopic (exact) mass is 878 g/mol. The Hall–Kier alpha value is -6.02. The molecule has 2 amide bonds. The van der Waals surface area contributed by atoms with E-state index in [1.807, 2.05) is 30.5 Å². The van der Waals surface area contributed by atoms with Crippen LogP contribution in [0.5, 0.6) is 0 Å². The minimum Gasteiger partial charge on any atom is -0.383 e. The van der Waals surface area contributed by atoms with Gasteiger partial charge in [-0.25, -0.2) is 27.8 Å². The standard InChI is InChI=1S/C44H52F2N14O4/c1-54-39-31(3-2-4-33(39)60(43(54)63)34-9-10-37(61)50-42(34)62)47-13-11-28-19-44(20-28)25-55(26-44)22-27-5-7-29(8-6-27)58-24-35(38(52-58)40(45)46)59-23-32(51-53-59)30-21-48-57-14-12-36(49-41(30)57)56-15-17-64-18-16-56/h2-4,12,14,21,23-24,27-29,34,40,47H,5-11,13,15-20,22,25-26H2,1H3,(H,50,61,62). The first-order valence-corrected chi connectivity index (χ1v) is 22.6. The van der Waals surface area contributed by atoms with Crippen molar-refractivity contribution in [1.82, 2.24) is 58.7 Å². The number of para-hydroxylation sites is 1. The van der Waals surface area contributed by atoms with Gasteiger partial charge >= 0.3 is 5.69 Å². The van der Waals surface area contributed by atoms with Gasteiger partial charge in [0.1, 0.15) is 23.2 Å². The lowest BCUT2D eigenvalue weighted by Gasteiger charge is -2.60. The molecule has 1 spiro atoms. The fourth-order valence-electron chi connectivity index (χ4n) is 11.3. The van der Waals surface area contributed by atoms with Crippen LogP contribution in [-0.4, -0.2) is 118 Å². The number of likely N-dealkylation sites (tertiary alicyclic amines) is 1. The van der Waals surface area contributed by atoms with Crippen LogP contribution in [0, 0.1) is 17.3 Å². The highest BCUT2D eigenvalue weighted by Crippen LogP contribution is 2.53. The average molecular weight is 879 g/mol. The first-order valence-electron chi connectivity index (χ1n) is 22.6. The Balaban J connectivity index is 0.657. The molecule has 64 heavy (non-hydrogen) atoms. The number of hydrogen-bond donors (Lipinski definition) is 2. The maximum Gasteiger partial charge on any atom is 0.329 e. The van der Waals surface area contributed by atoms with E-state index in [1.54, 1.807) is 39.4 Å². The molecule has 20 heteroatoms. The van der Waals surface area contributed by atoms with Crippen molar-refractivity contribution in [3.63, 3.8) is 0 Å². The molecule has 0 bridgehead atoms. The largest absolute Gasteiger partial charge is 0.383 e. The van der Waals surface area contributed by atoms with Crippen LogP contribution in [0.2, 0.25) is 0 Å². The molecule has 1 unspecified atom stereocenters. The lowest BCUT2D eigenvalue weighted by atomic mass is 9.57. The van der Waals surface area contributed by atoms with Crippen LogP contribution in [0.4, 0.5) is 20.3 Å². The van der Waals surface area contributed by atoms with Gasteiger partial charge in [0.15, 0.2) is 11.3 Å². The number of fused-ring (bicyclic) bond motifs is 2. The first-order chi connectivity index (χ1) is 31.1. The van der Waals surface area contributed by atoms with Gasteiger partial charge in [0.2, 0.25) is 11.8 Å². The summed E-state index contributed by atoms with van der Waals surface area (Å²) in [5, 5.41) is 23.4. The van der Waals surface area contributed by atoms with Gasteiger partial charge in [0.05, 0.1) is 60.1 Å². The van der Waals surface area contributed by atoms with Crippen LogP contribution >= 0.6 is 0 Å². The molecular weight excluding hydrogens is 827 g/mol. The minimum absolute atomic E-state index is 0.0405. The third kappa shape index (κ3) is 7.33. The summed E-state index contributed by atoms with van der Waals surface area (Å²) >= 11 is 0.